The number of amides is 2. The van der Waals surface area contributed by atoms with Crippen LogP contribution in [0.3, 0.4) is 0 Å². The highest BCUT2D eigenvalue weighted by Gasteiger charge is 2.44. The second-order valence-corrected chi connectivity index (χ2v) is 7.99. The van der Waals surface area contributed by atoms with Gasteiger partial charge in [-0.25, -0.2) is 9.78 Å². The molecule has 2 heterocycles. The van der Waals surface area contributed by atoms with Crippen molar-refractivity contribution in [3.8, 4) is 5.88 Å². The molecule has 7 nitrogen and oxygen atoms in total. The number of hydrogen-bond acceptors (Lipinski definition) is 5. The van der Waals surface area contributed by atoms with Gasteiger partial charge in [-0.2, -0.15) is 0 Å². The van der Waals surface area contributed by atoms with Gasteiger partial charge in [-0.05, 0) is 36.1 Å². The number of nitrogens with zero attached hydrogens (tertiary/aromatic N) is 2. The topological polar surface area (TPSA) is 80.8 Å². The quantitative estimate of drug-likeness (QED) is 0.608. The van der Waals surface area contributed by atoms with Gasteiger partial charge in [-0.3, -0.25) is 4.79 Å². The molecule has 0 radical (unpaired) electrons. The van der Waals surface area contributed by atoms with Crippen molar-refractivity contribution in [1.29, 1.82) is 0 Å². The molecular weight excluding hydrogens is 418 g/mol. The molecule has 1 fully saturated rings. The molecule has 0 spiro atoms. The summed E-state index contributed by atoms with van der Waals surface area (Å²) in [5, 5.41) is 3.00. The second-order valence-electron chi connectivity index (χ2n) is 7.99. The SMILES string of the molecule is COc1ncccc1NC(=O)C1(c2ccccc2)CCN(C(=O)OCc2ccccc2)CC1. The van der Waals surface area contributed by atoms with Crippen molar-refractivity contribution in [3.05, 3.63) is 90.1 Å². The number of rotatable bonds is 6. The molecule has 0 bridgehead atoms. The van der Waals surface area contributed by atoms with Gasteiger partial charge in [0.2, 0.25) is 11.8 Å². The van der Waals surface area contributed by atoms with Crippen molar-refractivity contribution in [3.63, 3.8) is 0 Å². The molecule has 0 aliphatic carbocycles. The summed E-state index contributed by atoms with van der Waals surface area (Å²) in [6.07, 6.45) is 2.20. The molecule has 0 unspecified atom stereocenters. The van der Waals surface area contributed by atoms with E-state index in [0.29, 0.717) is 37.5 Å². The van der Waals surface area contributed by atoms with Crippen LogP contribution < -0.4 is 10.1 Å². The Kier molecular flexibility index (Phi) is 6.88. The van der Waals surface area contributed by atoms with E-state index in [1.54, 1.807) is 23.2 Å². The van der Waals surface area contributed by atoms with E-state index in [1.807, 2.05) is 60.7 Å². The first kappa shape index (κ1) is 22.3. The Hall–Kier alpha value is -3.87. The van der Waals surface area contributed by atoms with Crippen molar-refractivity contribution < 1.29 is 19.1 Å². The van der Waals surface area contributed by atoms with E-state index >= 15 is 0 Å². The first-order chi connectivity index (χ1) is 16.1. The third-order valence-electron chi connectivity index (χ3n) is 6.05. The number of aromatic nitrogens is 1. The zero-order valence-corrected chi connectivity index (χ0v) is 18.6. The highest BCUT2D eigenvalue weighted by Crippen LogP contribution is 2.37. The molecule has 1 aromatic heterocycles. The number of methoxy groups -OCH3 is 1. The maximum absolute atomic E-state index is 13.6. The lowest BCUT2D eigenvalue weighted by Crippen LogP contribution is -2.51. The number of anilines is 1. The maximum Gasteiger partial charge on any atom is 0.410 e. The van der Waals surface area contributed by atoms with Crippen LogP contribution in [0.5, 0.6) is 5.88 Å². The van der Waals surface area contributed by atoms with Crippen LogP contribution in [0, 0.1) is 0 Å². The van der Waals surface area contributed by atoms with Gasteiger partial charge in [0, 0.05) is 19.3 Å². The van der Waals surface area contributed by atoms with Crippen molar-refractivity contribution in [1.82, 2.24) is 9.88 Å². The third kappa shape index (κ3) is 4.98. The van der Waals surface area contributed by atoms with E-state index in [0.717, 1.165) is 11.1 Å². The predicted octanol–water partition coefficient (Wildman–Crippen LogP) is 4.40. The number of nitrogens with one attached hydrogen (secondary N) is 1. The number of carbonyl (C=O) groups is 2. The van der Waals surface area contributed by atoms with E-state index in [9.17, 15) is 9.59 Å². The van der Waals surface area contributed by atoms with Crippen molar-refractivity contribution >= 4 is 17.7 Å². The van der Waals surface area contributed by atoms with Gasteiger partial charge in [0.15, 0.2) is 0 Å². The minimum absolute atomic E-state index is 0.141. The Bertz CT molecular complexity index is 1080. The Morgan fingerprint density at radius 3 is 2.30 bits per heavy atom. The maximum atomic E-state index is 13.6. The molecule has 0 saturated carbocycles. The van der Waals surface area contributed by atoms with E-state index in [-0.39, 0.29) is 18.6 Å². The summed E-state index contributed by atoms with van der Waals surface area (Å²) in [6, 6.07) is 22.8. The standard InChI is InChI=1S/C26H27N3O4/c1-32-23-22(13-8-16-27-23)28-24(30)26(21-11-6-3-7-12-21)14-17-29(18-15-26)25(31)33-19-20-9-4-2-5-10-20/h2-13,16H,14-15,17-19H2,1H3,(H,28,30). The highest BCUT2D eigenvalue weighted by atomic mass is 16.6. The second kappa shape index (κ2) is 10.2. The van der Waals surface area contributed by atoms with Crippen molar-refractivity contribution in [2.24, 2.45) is 0 Å². The summed E-state index contributed by atoms with van der Waals surface area (Å²) < 4.78 is 10.8. The van der Waals surface area contributed by atoms with Gasteiger partial charge in [0.25, 0.3) is 0 Å². The van der Waals surface area contributed by atoms with Gasteiger partial charge >= 0.3 is 6.09 Å². The average molecular weight is 446 g/mol. The normalized spacial score (nSPS) is 14.9. The lowest BCUT2D eigenvalue weighted by atomic mass is 9.72. The summed E-state index contributed by atoms with van der Waals surface area (Å²) in [5.74, 6) is 0.216. The van der Waals surface area contributed by atoms with Gasteiger partial charge < -0.3 is 19.7 Å². The molecule has 170 valence electrons. The molecule has 1 N–H and O–H groups in total. The summed E-state index contributed by atoms with van der Waals surface area (Å²) in [5.41, 5.74) is 1.59. The van der Waals surface area contributed by atoms with Crippen LogP contribution in [-0.2, 0) is 21.6 Å². The van der Waals surface area contributed by atoms with Gasteiger partial charge in [-0.1, -0.05) is 60.7 Å². The van der Waals surface area contributed by atoms with Crippen LogP contribution in [0.15, 0.2) is 79.0 Å². The lowest BCUT2D eigenvalue weighted by molar-refractivity contribution is -0.123. The minimum Gasteiger partial charge on any atom is -0.480 e. The summed E-state index contributed by atoms with van der Waals surface area (Å²) >= 11 is 0. The molecule has 1 aliphatic heterocycles. The van der Waals surface area contributed by atoms with Crippen LogP contribution in [0.4, 0.5) is 10.5 Å². The number of benzene rings is 2. The van der Waals surface area contributed by atoms with Crippen LogP contribution in [0.2, 0.25) is 0 Å². The molecule has 1 aliphatic rings. The Balaban J connectivity index is 1.48. The molecule has 3 aromatic rings. The first-order valence-electron chi connectivity index (χ1n) is 10.9. The molecule has 33 heavy (non-hydrogen) atoms. The summed E-state index contributed by atoms with van der Waals surface area (Å²) in [6.45, 7) is 1.06. The lowest BCUT2D eigenvalue weighted by Gasteiger charge is -2.40. The monoisotopic (exact) mass is 445 g/mol. The van der Waals surface area contributed by atoms with E-state index in [2.05, 4.69) is 10.3 Å². The zero-order valence-electron chi connectivity index (χ0n) is 18.6. The Labute approximate surface area is 193 Å². The van der Waals surface area contributed by atoms with Crippen LogP contribution in [0.25, 0.3) is 0 Å². The number of piperidine rings is 1. The molecule has 2 amide bonds. The molecule has 1 saturated heterocycles. The fraction of sp³-hybridized carbons (Fsp3) is 0.269. The minimum atomic E-state index is -0.779. The molecule has 0 atom stereocenters. The molecule has 7 heteroatoms. The number of likely N-dealkylation sites (tertiary alicyclic amines) is 1. The first-order valence-corrected chi connectivity index (χ1v) is 10.9. The fourth-order valence-corrected chi connectivity index (χ4v) is 4.18. The third-order valence-corrected chi connectivity index (χ3v) is 6.05. The van der Waals surface area contributed by atoms with Crippen LogP contribution in [0.1, 0.15) is 24.0 Å². The fourth-order valence-electron chi connectivity index (χ4n) is 4.18. The Morgan fingerprint density at radius 1 is 0.970 bits per heavy atom. The van der Waals surface area contributed by atoms with E-state index in [4.69, 9.17) is 9.47 Å². The number of carbonyl (C=O) groups excluding carboxylic acids is 2. The largest absolute Gasteiger partial charge is 0.480 e. The van der Waals surface area contributed by atoms with Gasteiger partial charge in [-0.15, -0.1) is 0 Å². The highest BCUT2D eigenvalue weighted by molar-refractivity contribution is 6.00. The summed E-state index contributed by atoms with van der Waals surface area (Å²) in [7, 11) is 1.52. The van der Waals surface area contributed by atoms with E-state index in [1.165, 1.54) is 7.11 Å². The van der Waals surface area contributed by atoms with Crippen molar-refractivity contribution in [2.75, 3.05) is 25.5 Å². The van der Waals surface area contributed by atoms with Crippen molar-refractivity contribution in [2.45, 2.75) is 24.9 Å². The van der Waals surface area contributed by atoms with Gasteiger partial charge in [0.1, 0.15) is 12.3 Å². The number of ether oxygens (including phenoxy) is 2. The molecular formula is C26H27N3O4. The molecule has 2 aromatic carbocycles. The Morgan fingerprint density at radius 2 is 1.64 bits per heavy atom. The zero-order chi connectivity index (χ0) is 23.1. The molecule has 4 rings (SSSR count). The van der Waals surface area contributed by atoms with E-state index < -0.39 is 5.41 Å². The smallest absolute Gasteiger partial charge is 0.410 e. The summed E-state index contributed by atoms with van der Waals surface area (Å²) in [4.78, 5) is 32.1. The van der Waals surface area contributed by atoms with Crippen LogP contribution >= 0.6 is 0 Å². The van der Waals surface area contributed by atoms with Crippen LogP contribution in [-0.4, -0.2) is 42.1 Å². The van der Waals surface area contributed by atoms with Gasteiger partial charge in [0.05, 0.1) is 12.5 Å². The number of hydrogen-bond donors (Lipinski definition) is 1. The number of pyridine rings is 1. The average Bonchev–Trinajstić information content (AvgIpc) is 2.88. The predicted molar refractivity (Wildman–Crippen MR) is 125 cm³/mol.